The number of esters is 1. The second kappa shape index (κ2) is 10.5. The summed E-state index contributed by atoms with van der Waals surface area (Å²) < 4.78 is 33.5. The highest BCUT2D eigenvalue weighted by molar-refractivity contribution is 7.89. The average Bonchev–Trinajstić information content (AvgIpc) is 2.79. The minimum atomic E-state index is -3.87. The molecule has 3 rings (SSSR count). The van der Waals surface area contributed by atoms with E-state index >= 15 is 0 Å². The highest BCUT2D eigenvalue weighted by Gasteiger charge is 2.33. The van der Waals surface area contributed by atoms with Crippen molar-refractivity contribution in [2.45, 2.75) is 37.1 Å². The second-order valence-corrected chi connectivity index (χ2v) is 9.24. The molecule has 2 aromatic carbocycles. The number of ether oxygens (including phenoxy) is 1. The van der Waals surface area contributed by atoms with E-state index in [0.717, 1.165) is 5.56 Å². The van der Waals surface area contributed by atoms with Crippen molar-refractivity contribution in [3.8, 4) is 0 Å². The number of carbonyl (C=O) groups excluding carboxylic acids is 2. The van der Waals surface area contributed by atoms with Gasteiger partial charge in [0.1, 0.15) is 6.04 Å². The summed E-state index contributed by atoms with van der Waals surface area (Å²) in [5.41, 5.74) is 0.859. The molecule has 0 aliphatic carbocycles. The summed E-state index contributed by atoms with van der Waals surface area (Å²) >= 11 is 0. The van der Waals surface area contributed by atoms with Crippen LogP contribution in [0.5, 0.6) is 0 Å². The molecule has 7 nitrogen and oxygen atoms in total. The molecular formula is C23H28N2O5S. The first-order chi connectivity index (χ1) is 14.9. The number of amides is 1. The van der Waals surface area contributed by atoms with Crippen LogP contribution in [0.2, 0.25) is 0 Å². The molecule has 166 valence electrons. The fourth-order valence-electron chi connectivity index (χ4n) is 3.70. The third-order valence-electron chi connectivity index (χ3n) is 5.36. The van der Waals surface area contributed by atoms with Gasteiger partial charge in [-0.1, -0.05) is 48.5 Å². The van der Waals surface area contributed by atoms with E-state index in [0.29, 0.717) is 32.5 Å². The largest absolute Gasteiger partial charge is 0.466 e. The van der Waals surface area contributed by atoms with Gasteiger partial charge in [-0.15, -0.1) is 0 Å². The molecule has 1 N–H and O–H groups in total. The lowest BCUT2D eigenvalue weighted by Gasteiger charge is -2.33. The monoisotopic (exact) mass is 444 g/mol. The Kier molecular flexibility index (Phi) is 7.81. The highest BCUT2D eigenvalue weighted by Crippen LogP contribution is 2.21. The van der Waals surface area contributed by atoms with Gasteiger partial charge in [0, 0.05) is 13.1 Å². The Morgan fingerprint density at radius 2 is 1.61 bits per heavy atom. The molecule has 0 radical (unpaired) electrons. The molecule has 0 aromatic heterocycles. The Bertz CT molecular complexity index is 972. The molecule has 1 saturated heterocycles. The van der Waals surface area contributed by atoms with E-state index < -0.39 is 16.1 Å². The van der Waals surface area contributed by atoms with Crippen molar-refractivity contribution in [2.24, 2.45) is 5.92 Å². The molecule has 0 saturated carbocycles. The van der Waals surface area contributed by atoms with Crippen molar-refractivity contribution in [1.29, 1.82) is 0 Å². The summed E-state index contributed by atoms with van der Waals surface area (Å²) in [6, 6.07) is 16.4. The van der Waals surface area contributed by atoms with Crippen LogP contribution in [0.3, 0.4) is 0 Å². The predicted molar refractivity (Wildman–Crippen MR) is 117 cm³/mol. The zero-order chi connectivity index (χ0) is 22.3. The molecule has 1 atom stereocenters. The summed E-state index contributed by atoms with van der Waals surface area (Å²) in [4.78, 5) is 27.0. The number of nitrogens with one attached hydrogen (secondary N) is 1. The molecule has 1 aliphatic rings. The summed E-state index contributed by atoms with van der Waals surface area (Å²) in [7, 11) is -3.87. The number of rotatable bonds is 8. The van der Waals surface area contributed by atoms with Gasteiger partial charge < -0.3 is 9.64 Å². The third-order valence-corrected chi connectivity index (χ3v) is 6.85. The smallest absolute Gasteiger partial charge is 0.309 e. The molecule has 1 fully saturated rings. The summed E-state index contributed by atoms with van der Waals surface area (Å²) in [5, 5.41) is 0. The maximum Gasteiger partial charge on any atom is 0.309 e. The van der Waals surface area contributed by atoms with Crippen LogP contribution in [0.15, 0.2) is 65.6 Å². The first-order valence-electron chi connectivity index (χ1n) is 10.5. The average molecular weight is 445 g/mol. The van der Waals surface area contributed by atoms with E-state index in [1.54, 1.807) is 30.0 Å². The van der Waals surface area contributed by atoms with Crippen LogP contribution < -0.4 is 4.72 Å². The van der Waals surface area contributed by atoms with Crippen LogP contribution in [0, 0.1) is 5.92 Å². The van der Waals surface area contributed by atoms with E-state index in [9.17, 15) is 18.0 Å². The van der Waals surface area contributed by atoms with Gasteiger partial charge in [-0.25, -0.2) is 8.42 Å². The molecule has 1 heterocycles. The fraction of sp³-hybridized carbons (Fsp3) is 0.391. The predicted octanol–water partition coefficient (Wildman–Crippen LogP) is 2.38. The summed E-state index contributed by atoms with van der Waals surface area (Å²) in [6.07, 6.45) is 1.26. The van der Waals surface area contributed by atoms with E-state index in [-0.39, 0.29) is 29.1 Å². The number of hydrogen-bond donors (Lipinski definition) is 1. The normalized spacial score (nSPS) is 16.0. The summed E-state index contributed by atoms with van der Waals surface area (Å²) in [5.74, 6) is -0.747. The number of benzene rings is 2. The molecule has 31 heavy (non-hydrogen) atoms. The van der Waals surface area contributed by atoms with Crippen LogP contribution in [0.25, 0.3) is 0 Å². The Morgan fingerprint density at radius 3 is 2.19 bits per heavy atom. The van der Waals surface area contributed by atoms with Crippen LogP contribution in [-0.2, 0) is 30.8 Å². The zero-order valence-electron chi connectivity index (χ0n) is 17.6. The van der Waals surface area contributed by atoms with Crippen molar-refractivity contribution < 1.29 is 22.7 Å². The minimum Gasteiger partial charge on any atom is -0.466 e. The molecule has 1 unspecified atom stereocenters. The van der Waals surface area contributed by atoms with Crippen LogP contribution in [0.1, 0.15) is 25.3 Å². The molecule has 0 bridgehead atoms. The van der Waals surface area contributed by atoms with Crippen LogP contribution in [0.4, 0.5) is 0 Å². The first kappa shape index (κ1) is 23.0. The molecule has 1 amide bonds. The molecule has 8 heteroatoms. The lowest BCUT2D eigenvalue weighted by atomic mass is 9.96. The maximum absolute atomic E-state index is 13.3. The molecule has 2 aromatic rings. The minimum absolute atomic E-state index is 0.113. The van der Waals surface area contributed by atoms with Gasteiger partial charge in [0.15, 0.2) is 0 Å². The number of piperidine rings is 1. The van der Waals surface area contributed by atoms with Crippen molar-refractivity contribution in [3.63, 3.8) is 0 Å². The van der Waals surface area contributed by atoms with Crippen molar-refractivity contribution in [3.05, 3.63) is 66.2 Å². The third kappa shape index (κ3) is 6.15. The summed E-state index contributed by atoms with van der Waals surface area (Å²) in [6.45, 7) is 2.88. The second-order valence-electron chi connectivity index (χ2n) is 7.53. The van der Waals surface area contributed by atoms with Crippen molar-refractivity contribution in [1.82, 2.24) is 9.62 Å². The number of sulfonamides is 1. The van der Waals surface area contributed by atoms with Crippen molar-refractivity contribution >= 4 is 21.9 Å². The van der Waals surface area contributed by atoms with Crippen LogP contribution in [-0.4, -0.2) is 50.9 Å². The first-order valence-corrected chi connectivity index (χ1v) is 12.0. The SMILES string of the molecule is CCOC(=O)C1CCN(C(=O)C(Cc2ccccc2)NS(=O)(=O)c2ccccc2)CC1. The van der Waals surface area contributed by atoms with Gasteiger partial charge in [0.2, 0.25) is 15.9 Å². The lowest BCUT2D eigenvalue weighted by Crippen LogP contribution is -2.52. The number of nitrogens with zero attached hydrogens (tertiary/aromatic N) is 1. The molecule has 1 aliphatic heterocycles. The Hall–Kier alpha value is -2.71. The quantitative estimate of drug-likeness (QED) is 0.631. The lowest BCUT2D eigenvalue weighted by molar-refractivity contribution is -0.151. The van der Waals surface area contributed by atoms with E-state index in [2.05, 4.69) is 4.72 Å². The van der Waals surface area contributed by atoms with E-state index in [4.69, 9.17) is 4.74 Å². The van der Waals surface area contributed by atoms with Crippen molar-refractivity contribution in [2.75, 3.05) is 19.7 Å². The van der Waals surface area contributed by atoms with Gasteiger partial charge >= 0.3 is 5.97 Å². The highest BCUT2D eigenvalue weighted by atomic mass is 32.2. The zero-order valence-corrected chi connectivity index (χ0v) is 18.4. The number of likely N-dealkylation sites (tertiary alicyclic amines) is 1. The topological polar surface area (TPSA) is 92.8 Å². The van der Waals surface area contributed by atoms with Gasteiger partial charge in [-0.2, -0.15) is 4.72 Å². The van der Waals surface area contributed by atoms with Gasteiger partial charge in [-0.3, -0.25) is 9.59 Å². The molecular weight excluding hydrogens is 416 g/mol. The Labute approximate surface area is 183 Å². The Balaban J connectivity index is 1.75. The molecule has 0 spiro atoms. The van der Waals surface area contributed by atoms with E-state index in [1.807, 2.05) is 30.3 Å². The Morgan fingerprint density at radius 1 is 1.03 bits per heavy atom. The standard InChI is InChI=1S/C23H28N2O5S/c1-2-30-23(27)19-13-15-25(16-14-19)22(26)21(17-18-9-5-3-6-10-18)24-31(28,29)20-11-7-4-8-12-20/h3-12,19,21,24H,2,13-17H2,1H3. The van der Waals surface area contributed by atoms with Crippen LogP contribution >= 0.6 is 0 Å². The fourth-order valence-corrected chi connectivity index (χ4v) is 4.91. The number of carbonyl (C=O) groups is 2. The van der Waals surface area contributed by atoms with Gasteiger partial charge in [0.25, 0.3) is 0 Å². The maximum atomic E-state index is 13.3. The van der Waals surface area contributed by atoms with Gasteiger partial charge in [-0.05, 0) is 43.9 Å². The van der Waals surface area contributed by atoms with E-state index in [1.165, 1.54) is 12.1 Å². The van der Waals surface area contributed by atoms with Gasteiger partial charge in [0.05, 0.1) is 17.4 Å². The number of hydrogen-bond acceptors (Lipinski definition) is 5.